The number of carbonyl (C=O) groups is 1. The first-order valence-electron chi connectivity index (χ1n) is 6.05. The van der Waals surface area contributed by atoms with Crippen LogP contribution in [0.4, 0.5) is 0 Å². The van der Waals surface area contributed by atoms with Gasteiger partial charge in [0, 0.05) is 31.6 Å². The Labute approximate surface area is 93.4 Å². The zero-order valence-corrected chi connectivity index (χ0v) is 10.3. The van der Waals surface area contributed by atoms with E-state index in [1.54, 1.807) is 0 Å². The number of aldehydes is 1. The molecule has 1 heterocycles. The van der Waals surface area contributed by atoms with E-state index >= 15 is 0 Å². The largest absolute Gasteiger partial charge is 0.303 e. The van der Waals surface area contributed by atoms with Gasteiger partial charge in [-0.15, -0.1) is 0 Å². The Kier molecular flexibility index (Phi) is 5.26. The van der Waals surface area contributed by atoms with Crippen LogP contribution in [0.15, 0.2) is 0 Å². The molecule has 88 valence electrons. The minimum atomic E-state index is 0.176. The standard InChI is InChI=1S/C12H24N2O/c1-11(2)14-6-4-5-13(7-8-14)9-12(3)10-15/h10-12H,4-9H2,1-3H3. The summed E-state index contributed by atoms with van der Waals surface area (Å²) in [6, 6.07) is 0.647. The van der Waals surface area contributed by atoms with Crippen molar-refractivity contribution in [1.29, 1.82) is 0 Å². The van der Waals surface area contributed by atoms with Gasteiger partial charge < -0.3 is 9.69 Å². The van der Waals surface area contributed by atoms with Gasteiger partial charge in [-0.05, 0) is 33.4 Å². The quantitative estimate of drug-likeness (QED) is 0.655. The molecule has 1 rings (SSSR count). The van der Waals surface area contributed by atoms with Gasteiger partial charge in [0.1, 0.15) is 6.29 Å². The molecule has 0 saturated carbocycles. The Morgan fingerprint density at radius 3 is 2.47 bits per heavy atom. The van der Waals surface area contributed by atoms with Crippen molar-refractivity contribution in [2.45, 2.75) is 33.2 Å². The lowest BCUT2D eigenvalue weighted by Crippen LogP contribution is -2.36. The number of hydrogen-bond donors (Lipinski definition) is 0. The fraction of sp³-hybridized carbons (Fsp3) is 0.917. The van der Waals surface area contributed by atoms with Crippen molar-refractivity contribution >= 4 is 6.29 Å². The van der Waals surface area contributed by atoms with Crippen molar-refractivity contribution in [3.05, 3.63) is 0 Å². The number of nitrogens with zero attached hydrogens (tertiary/aromatic N) is 2. The van der Waals surface area contributed by atoms with E-state index in [1.165, 1.54) is 13.0 Å². The van der Waals surface area contributed by atoms with Crippen LogP contribution >= 0.6 is 0 Å². The maximum atomic E-state index is 10.6. The summed E-state index contributed by atoms with van der Waals surface area (Å²) in [7, 11) is 0. The Balaban J connectivity index is 2.35. The van der Waals surface area contributed by atoms with E-state index < -0.39 is 0 Å². The van der Waals surface area contributed by atoms with Gasteiger partial charge in [0.05, 0.1) is 0 Å². The monoisotopic (exact) mass is 212 g/mol. The van der Waals surface area contributed by atoms with Gasteiger partial charge in [-0.25, -0.2) is 0 Å². The zero-order valence-electron chi connectivity index (χ0n) is 10.3. The van der Waals surface area contributed by atoms with E-state index in [0.717, 1.165) is 32.5 Å². The Morgan fingerprint density at radius 2 is 1.87 bits per heavy atom. The second-order valence-corrected chi connectivity index (χ2v) is 4.90. The van der Waals surface area contributed by atoms with Crippen molar-refractivity contribution in [1.82, 2.24) is 9.80 Å². The number of carbonyl (C=O) groups excluding carboxylic acids is 1. The summed E-state index contributed by atoms with van der Waals surface area (Å²) < 4.78 is 0. The van der Waals surface area contributed by atoms with Crippen LogP contribution in [0.2, 0.25) is 0 Å². The Morgan fingerprint density at radius 1 is 1.13 bits per heavy atom. The summed E-state index contributed by atoms with van der Waals surface area (Å²) in [4.78, 5) is 15.5. The highest BCUT2D eigenvalue weighted by atomic mass is 16.1. The van der Waals surface area contributed by atoms with E-state index in [2.05, 4.69) is 23.6 Å². The maximum absolute atomic E-state index is 10.6. The summed E-state index contributed by atoms with van der Waals surface area (Å²) in [5.41, 5.74) is 0. The Hall–Kier alpha value is -0.410. The van der Waals surface area contributed by atoms with Gasteiger partial charge in [0.2, 0.25) is 0 Å². The topological polar surface area (TPSA) is 23.6 Å². The van der Waals surface area contributed by atoms with Crippen LogP contribution in [0.3, 0.4) is 0 Å². The highest BCUT2D eigenvalue weighted by molar-refractivity contribution is 5.52. The van der Waals surface area contributed by atoms with E-state index in [-0.39, 0.29) is 5.92 Å². The van der Waals surface area contributed by atoms with Crippen molar-refractivity contribution in [2.75, 3.05) is 32.7 Å². The molecule has 0 N–H and O–H groups in total. The molecule has 1 unspecified atom stereocenters. The predicted molar refractivity (Wildman–Crippen MR) is 63.0 cm³/mol. The molecule has 1 atom stereocenters. The van der Waals surface area contributed by atoms with E-state index in [1.807, 2.05) is 6.92 Å². The van der Waals surface area contributed by atoms with E-state index in [4.69, 9.17) is 0 Å². The zero-order chi connectivity index (χ0) is 11.3. The lowest BCUT2D eigenvalue weighted by molar-refractivity contribution is -0.111. The van der Waals surface area contributed by atoms with Crippen LogP contribution in [-0.4, -0.2) is 54.9 Å². The van der Waals surface area contributed by atoms with E-state index in [9.17, 15) is 4.79 Å². The molecule has 3 heteroatoms. The average Bonchev–Trinajstić information content (AvgIpc) is 2.43. The average molecular weight is 212 g/mol. The molecular formula is C12H24N2O. The van der Waals surface area contributed by atoms with Gasteiger partial charge in [-0.1, -0.05) is 6.92 Å². The molecule has 1 saturated heterocycles. The smallest absolute Gasteiger partial charge is 0.124 e. The molecular weight excluding hydrogens is 188 g/mol. The first kappa shape index (κ1) is 12.7. The summed E-state index contributed by atoms with van der Waals surface area (Å²) in [6.07, 6.45) is 2.29. The lowest BCUT2D eigenvalue weighted by Gasteiger charge is -2.25. The SMILES string of the molecule is CC(C=O)CN1CCCN(C(C)C)CC1. The first-order chi connectivity index (χ1) is 7.13. The minimum absolute atomic E-state index is 0.176. The number of rotatable bonds is 4. The summed E-state index contributed by atoms with van der Waals surface area (Å²) in [6.45, 7) is 12.0. The molecule has 0 aromatic rings. The van der Waals surface area contributed by atoms with Crippen LogP contribution in [-0.2, 0) is 4.79 Å². The second kappa shape index (κ2) is 6.23. The van der Waals surface area contributed by atoms with Gasteiger partial charge in [0.15, 0.2) is 0 Å². The first-order valence-corrected chi connectivity index (χ1v) is 6.05. The molecule has 0 radical (unpaired) electrons. The molecule has 0 aliphatic carbocycles. The van der Waals surface area contributed by atoms with Crippen LogP contribution in [0.25, 0.3) is 0 Å². The van der Waals surface area contributed by atoms with Crippen molar-refractivity contribution in [3.63, 3.8) is 0 Å². The second-order valence-electron chi connectivity index (χ2n) is 4.90. The molecule has 15 heavy (non-hydrogen) atoms. The van der Waals surface area contributed by atoms with E-state index in [0.29, 0.717) is 6.04 Å². The molecule has 0 bridgehead atoms. The van der Waals surface area contributed by atoms with Gasteiger partial charge in [-0.2, -0.15) is 0 Å². The van der Waals surface area contributed by atoms with Crippen LogP contribution in [0.1, 0.15) is 27.2 Å². The molecule has 1 fully saturated rings. The molecule has 0 spiro atoms. The third-order valence-corrected chi connectivity index (χ3v) is 3.13. The highest BCUT2D eigenvalue weighted by Crippen LogP contribution is 2.08. The summed E-state index contributed by atoms with van der Waals surface area (Å²) in [5.74, 6) is 0.176. The third kappa shape index (κ3) is 4.31. The van der Waals surface area contributed by atoms with Gasteiger partial charge >= 0.3 is 0 Å². The molecule has 0 amide bonds. The normalized spacial score (nSPS) is 22.7. The highest BCUT2D eigenvalue weighted by Gasteiger charge is 2.17. The molecule has 1 aliphatic rings. The number of hydrogen-bond acceptors (Lipinski definition) is 3. The molecule has 0 aromatic heterocycles. The molecule has 1 aliphatic heterocycles. The fourth-order valence-corrected chi connectivity index (χ4v) is 2.14. The van der Waals surface area contributed by atoms with Crippen molar-refractivity contribution in [2.24, 2.45) is 5.92 Å². The summed E-state index contributed by atoms with van der Waals surface area (Å²) in [5, 5.41) is 0. The van der Waals surface area contributed by atoms with Gasteiger partial charge in [0.25, 0.3) is 0 Å². The Bertz CT molecular complexity index is 194. The third-order valence-electron chi connectivity index (χ3n) is 3.13. The molecule has 0 aromatic carbocycles. The fourth-order valence-electron chi connectivity index (χ4n) is 2.14. The van der Waals surface area contributed by atoms with Crippen molar-refractivity contribution in [3.8, 4) is 0 Å². The maximum Gasteiger partial charge on any atom is 0.124 e. The van der Waals surface area contributed by atoms with Crippen LogP contribution < -0.4 is 0 Å². The minimum Gasteiger partial charge on any atom is -0.303 e. The predicted octanol–water partition coefficient (Wildman–Crippen LogP) is 1.24. The van der Waals surface area contributed by atoms with Crippen LogP contribution in [0.5, 0.6) is 0 Å². The molecule has 3 nitrogen and oxygen atoms in total. The van der Waals surface area contributed by atoms with Gasteiger partial charge in [-0.3, -0.25) is 4.90 Å². The lowest BCUT2D eigenvalue weighted by atomic mass is 10.2. The summed E-state index contributed by atoms with van der Waals surface area (Å²) >= 11 is 0. The van der Waals surface area contributed by atoms with Crippen molar-refractivity contribution < 1.29 is 4.79 Å². The van der Waals surface area contributed by atoms with Crippen LogP contribution in [0, 0.1) is 5.92 Å².